The lowest BCUT2D eigenvalue weighted by atomic mass is 10.0. The lowest BCUT2D eigenvalue weighted by Gasteiger charge is -2.21. The third-order valence-electron chi connectivity index (χ3n) is 4.04. The van der Waals surface area contributed by atoms with Crippen molar-refractivity contribution in [2.24, 2.45) is 5.92 Å². The fourth-order valence-electron chi connectivity index (χ4n) is 3.05. The van der Waals surface area contributed by atoms with Gasteiger partial charge in [0, 0.05) is 45.0 Å². The maximum absolute atomic E-state index is 11.6. The average molecular weight is 247 g/mol. The number of pyridine rings is 1. The van der Waals surface area contributed by atoms with Crippen LogP contribution in [0, 0.1) is 5.92 Å². The van der Waals surface area contributed by atoms with E-state index in [0.29, 0.717) is 0 Å². The van der Waals surface area contributed by atoms with E-state index < -0.39 is 6.10 Å². The number of hydrogen-bond donors (Lipinski definition) is 1. The van der Waals surface area contributed by atoms with Crippen LogP contribution in [0.4, 0.5) is 0 Å². The fraction of sp³-hybridized carbons (Fsp3) is 0.538. The summed E-state index contributed by atoms with van der Waals surface area (Å²) in [5.74, 6) is -0.0785. The van der Waals surface area contributed by atoms with Crippen molar-refractivity contribution in [3.8, 4) is 0 Å². The first-order valence-corrected chi connectivity index (χ1v) is 6.23. The van der Waals surface area contributed by atoms with Gasteiger partial charge >= 0.3 is 0 Å². The molecule has 0 saturated carbocycles. The fourth-order valence-corrected chi connectivity index (χ4v) is 3.05. The van der Waals surface area contributed by atoms with Gasteiger partial charge in [-0.05, 0) is 11.6 Å². The number of carbonyl (C=O) groups excluding carboxylic acids is 1. The predicted octanol–water partition coefficient (Wildman–Crippen LogP) is -0.285. The van der Waals surface area contributed by atoms with E-state index in [1.165, 1.54) is 5.56 Å². The highest BCUT2D eigenvalue weighted by Crippen LogP contribution is 2.32. The first kappa shape index (κ1) is 11.6. The molecule has 0 radical (unpaired) electrons. The number of hydrogen-bond acceptors (Lipinski definition) is 4. The van der Waals surface area contributed by atoms with Crippen molar-refractivity contribution in [3.63, 3.8) is 0 Å². The van der Waals surface area contributed by atoms with Gasteiger partial charge in [-0.1, -0.05) is 6.07 Å². The minimum atomic E-state index is -0.820. The van der Waals surface area contributed by atoms with E-state index in [0.717, 1.165) is 19.6 Å². The maximum Gasteiger partial charge on any atom is 0.251 e. The van der Waals surface area contributed by atoms with Crippen molar-refractivity contribution in [3.05, 3.63) is 30.1 Å². The van der Waals surface area contributed by atoms with Crippen molar-refractivity contribution < 1.29 is 9.90 Å². The van der Waals surface area contributed by atoms with Gasteiger partial charge in [-0.15, -0.1) is 0 Å². The third kappa shape index (κ3) is 1.79. The highest BCUT2D eigenvalue weighted by Gasteiger charge is 2.50. The van der Waals surface area contributed by atoms with Crippen molar-refractivity contribution in [2.45, 2.75) is 18.7 Å². The van der Waals surface area contributed by atoms with Crippen molar-refractivity contribution in [1.29, 1.82) is 0 Å². The molecule has 0 spiro atoms. The smallest absolute Gasteiger partial charge is 0.251 e. The second-order valence-corrected chi connectivity index (χ2v) is 5.18. The number of amides is 1. The molecule has 96 valence electrons. The van der Waals surface area contributed by atoms with Crippen LogP contribution in [0.5, 0.6) is 0 Å². The van der Waals surface area contributed by atoms with Gasteiger partial charge in [0.2, 0.25) is 0 Å². The maximum atomic E-state index is 11.6. The van der Waals surface area contributed by atoms with Crippen LogP contribution >= 0.6 is 0 Å². The average Bonchev–Trinajstić information content (AvgIpc) is 2.88. The Labute approximate surface area is 106 Å². The van der Waals surface area contributed by atoms with E-state index in [2.05, 4.69) is 9.88 Å². The standard InChI is InChI=1S/C13H17N3O2/c1-15-11-8-16(6-9-3-2-4-14-5-9)7-10(11)12(17)13(15)18/h2-5,10-12,17H,6-8H2,1H3/t10-,11+,12-/m0/s1. The van der Waals surface area contributed by atoms with Crippen LogP contribution in [0.25, 0.3) is 0 Å². The van der Waals surface area contributed by atoms with Gasteiger partial charge in [0.25, 0.3) is 5.91 Å². The number of likely N-dealkylation sites (N-methyl/N-ethyl adjacent to an activating group) is 1. The van der Waals surface area contributed by atoms with E-state index in [9.17, 15) is 9.90 Å². The second-order valence-electron chi connectivity index (χ2n) is 5.18. The Kier molecular flexibility index (Phi) is 2.80. The van der Waals surface area contributed by atoms with Gasteiger partial charge in [-0.2, -0.15) is 0 Å². The molecular weight excluding hydrogens is 230 g/mol. The largest absolute Gasteiger partial charge is 0.383 e. The Morgan fingerprint density at radius 3 is 3.00 bits per heavy atom. The van der Waals surface area contributed by atoms with Gasteiger partial charge in [0.1, 0.15) is 6.10 Å². The highest BCUT2D eigenvalue weighted by atomic mass is 16.3. The van der Waals surface area contributed by atoms with Crippen LogP contribution in [0.3, 0.4) is 0 Å². The van der Waals surface area contributed by atoms with E-state index in [1.807, 2.05) is 18.3 Å². The molecule has 1 N–H and O–H groups in total. The molecule has 1 amide bonds. The summed E-state index contributed by atoms with van der Waals surface area (Å²) in [4.78, 5) is 19.7. The molecule has 0 unspecified atom stereocenters. The number of aliphatic hydroxyl groups excluding tert-OH is 1. The van der Waals surface area contributed by atoms with Crippen molar-refractivity contribution >= 4 is 5.91 Å². The minimum absolute atomic E-state index is 0.0548. The molecule has 1 aromatic rings. The van der Waals surface area contributed by atoms with Crippen LogP contribution in [-0.2, 0) is 11.3 Å². The van der Waals surface area contributed by atoms with Gasteiger partial charge in [-0.25, -0.2) is 0 Å². The summed E-state index contributed by atoms with van der Waals surface area (Å²) >= 11 is 0. The molecule has 0 aliphatic carbocycles. The van der Waals surface area contributed by atoms with Crippen LogP contribution in [0.1, 0.15) is 5.56 Å². The number of nitrogens with zero attached hydrogens (tertiary/aromatic N) is 3. The lowest BCUT2D eigenvalue weighted by Crippen LogP contribution is -2.36. The topological polar surface area (TPSA) is 56.7 Å². The van der Waals surface area contributed by atoms with Gasteiger partial charge < -0.3 is 10.0 Å². The summed E-state index contributed by atoms with van der Waals surface area (Å²) in [6, 6.07) is 4.13. The Morgan fingerprint density at radius 2 is 2.33 bits per heavy atom. The molecule has 0 aromatic carbocycles. The molecule has 0 bridgehead atoms. The van der Waals surface area contributed by atoms with Crippen LogP contribution in [-0.4, -0.2) is 58.1 Å². The molecular formula is C13H17N3O2. The molecule has 2 aliphatic rings. The monoisotopic (exact) mass is 247 g/mol. The van der Waals surface area contributed by atoms with Crippen LogP contribution in [0.15, 0.2) is 24.5 Å². The van der Waals surface area contributed by atoms with Crippen LogP contribution < -0.4 is 0 Å². The number of aromatic nitrogens is 1. The third-order valence-corrected chi connectivity index (χ3v) is 4.04. The minimum Gasteiger partial charge on any atom is -0.383 e. The molecule has 3 atom stereocenters. The Morgan fingerprint density at radius 1 is 1.50 bits per heavy atom. The zero-order chi connectivity index (χ0) is 12.7. The summed E-state index contributed by atoms with van der Waals surface area (Å²) in [6.07, 6.45) is 2.80. The lowest BCUT2D eigenvalue weighted by molar-refractivity contribution is -0.135. The number of likely N-dealkylation sites (tertiary alicyclic amines) is 2. The number of rotatable bonds is 2. The molecule has 5 heteroatoms. The molecule has 3 rings (SSSR count). The van der Waals surface area contributed by atoms with Gasteiger partial charge in [-0.3, -0.25) is 14.7 Å². The van der Waals surface area contributed by atoms with Crippen molar-refractivity contribution in [1.82, 2.24) is 14.8 Å². The van der Waals surface area contributed by atoms with Gasteiger partial charge in [0.15, 0.2) is 0 Å². The first-order chi connectivity index (χ1) is 8.66. The molecule has 5 nitrogen and oxygen atoms in total. The summed E-state index contributed by atoms with van der Waals surface area (Å²) in [5, 5.41) is 9.89. The SMILES string of the molecule is CN1C(=O)[C@@H](O)[C@H]2CN(Cc3cccnc3)C[C@H]21. The van der Waals surface area contributed by atoms with Crippen LogP contribution in [0.2, 0.25) is 0 Å². The number of aliphatic hydroxyl groups is 1. The zero-order valence-corrected chi connectivity index (χ0v) is 10.4. The number of carbonyl (C=O) groups is 1. The quantitative estimate of drug-likeness (QED) is 0.780. The Hall–Kier alpha value is -1.46. The number of fused-ring (bicyclic) bond motifs is 1. The van der Waals surface area contributed by atoms with E-state index in [1.54, 1.807) is 18.1 Å². The summed E-state index contributed by atoms with van der Waals surface area (Å²) in [6.45, 7) is 2.44. The normalized spacial score (nSPS) is 32.0. The molecule has 1 aromatic heterocycles. The van der Waals surface area contributed by atoms with Crippen molar-refractivity contribution in [2.75, 3.05) is 20.1 Å². The molecule has 3 heterocycles. The van der Waals surface area contributed by atoms with E-state index in [-0.39, 0.29) is 17.9 Å². The zero-order valence-electron chi connectivity index (χ0n) is 10.4. The summed E-state index contributed by atoms with van der Waals surface area (Å²) < 4.78 is 0. The van der Waals surface area contributed by atoms with E-state index in [4.69, 9.17) is 0 Å². The predicted molar refractivity (Wildman–Crippen MR) is 65.6 cm³/mol. The van der Waals surface area contributed by atoms with E-state index >= 15 is 0 Å². The second kappa shape index (κ2) is 4.33. The van der Waals surface area contributed by atoms with Gasteiger partial charge in [0.05, 0.1) is 6.04 Å². The molecule has 2 fully saturated rings. The summed E-state index contributed by atoms with van der Waals surface area (Å²) in [5.41, 5.74) is 1.17. The summed E-state index contributed by atoms with van der Waals surface area (Å²) in [7, 11) is 1.78. The Bertz CT molecular complexity index is 431. The first-order valence-electron chi connectivity index (χ1n) is 6.23. The molecule has 2 aliphatic heterocycles. The Balaban J connectivity index is 1.68. The molecule has 18 heavy (non-hydrogen) atoms. The highest BCUT2D eigenvalue weighted by molar-refractivity contribution is 5.84. The molecule has 2 saturated heterocycles.